The molecule has 0 bridgehead atoms. The number of fused-ring (bicyclic) bond motifs is 3. The Bertz CT molecular complexity index is 1160. The Hall–Kier alpha value is -3.26. The summed E-state index contributed by atoms with van der Waals surface area (Å²) in [4.78, 5) is 0. The first-order valence-corrected chi connectivity index (χ1v) is 10.3. The SMILES string of the molecule is Cc1ccccc1-c1cccc[n+]1C(C)(C)C1c2ccccc2-c2cccc[n+]21. The van der Waals surface area contributed by atoms with Crippen LogP contribution in [0.4, 0.5) is 0 Å². The lowest BCUT2D eigenvalue weighted by atomic mass is 9.87. The number of benzene rings is 2. The summed E-state index contributed by atoms with van der Waals surface area (Å²) in [6.07, 6.45) is 4.45. The lowest BCUT2D eigenvalue weighted by Gasteiger charge is -2.25. The van der Waals surface area contributed by atoms with Crippen LogP contribution in [0.1, 0.15) is 31.0 Å². The number of rotatable bonds is 3. The Morgan fingerprint density at radius 1 is 0.655 bits per heavy atom. The number of pyridine rings is 2. The predicted octanol–water partition coefficient (Wildman–Crippen LogP) is 5.24. The van der Waals surface area contributed by atoms with Gasteiger partial charge in [-0.15, -0.1) is 0 Å². The molecule has 142 valence electrons. The van der Waals surface area contributed by atoms with Gasteiger partial charge in [0, 0.05) is 49.2 Å². The largest absolute Gasteiger partial charge is 0.248 e. The van der Waals surface area contributed by atoms with Gasteiger partial charge in [-0.1, -0.05) is 36.4 Å². The van der Waals surface area contributed by atoms with Crippen molar-refractivity contribution < 1.29 is 9.13 Å². The van der Waals surface area contributed by atoms with Gasteiger partial charge in [-0.05, 0) is 36.8 Å². The summed E-state index contributed by atoms with van der Waals surface area (Å²) < 4.78 is 4.89. The number of nitrogens with zero attached hydrogens (tertiary/aromatic N) is 2. The van der Waals surface area contributed by atoms with E-state index in [0.29, 0.717) is 0 Å². The van der Waals surface area contributed by atoms with E-state index in [9.17, 15) is 0 Å². The normalized spacial score (nSPS) is 15.1. The van der Waals surface area contributed by atoms with Crippen LogP contribution in [0, 0.1) is 6.92 Å². The molecule has 29 heavy (non-hydrogen) atoms. The second-order valence-electron chi connectivity index (χ2n) is 8.41. The second-order valence-corrected chi connectivity index (χ2v) is 8.41. The highest BCUT2D eigenvalue weighted by atomic mass is 15.2. The van der Waals surface area contributed by atoms with Crippen molar-refractivity contribution in [2.24, 2.45) is 0 Å². The Balaban J connectivity index is 1.74. The first kappa shape index (κ1) is 17.8. The van der Waals surface area contributed by atoms with E-state index in [-0.39, 0.29) is 11.6 Å². The molecular weight excluding hydrogens is 352 g/mol. The highest BCUT2D eigenvalue weighted by Gasteiger charge is 2.52. The van der Waals surface area contributed by atoms with Crippen LogP contribution in [0.25, 0.3) is 22.5 Å². The van der Waals surface area contributed by atoms with E-state index in [2.05, 4.69) is 127 Å². The van der Waals surface area contributed by atoms with Crippen LogP contribution in [-0.2, 0) is 5.54 Å². The predicted molar refractivity (Wildman–Crippen MR) is 116 cm³/mol. The molecule has 0 saturated carbocycles. The summed E-state index contributed by atoms with van der Waals surface area (Å²) in [5.74, 6) is 0. The van der Waals surface area contributed by atoms with Crippen molar-refractivity contribution >= 4 is 0 Å². The van der Waals surface area contributed by atoms with E-state index in [1.165, 1.54) is 33.6 Å². The minimum atomic E-state index is -0.174. The van der Waals surface area contributed by atoms with Gasteiger partial charge in [0.15, 0.2) is 12.4 Å². The average molecular weight is 379 g/mol. The van der Waals surface area contributed by atoms with E-state index in [0.717, 1.165) is 0 Å². The zero-order valence-corrected chi connectivity index (χ0v) is 17.2. The van der Waals surface area contributed by atoms with Gasteiger partial charge in [-0.3, -0.25) is 0 Å². The van der Waals surface area contributed by atoms with Crippen molar-refractivity contribution in [3.05, 3.63) is 108 Å². The Morgan fingerprint density at radius 2 is 1.28 bits per heavy atom. The molecule has 2 aromatic carbocycles. The highest BCUT2D eigenvalue weighted by molar-refractivity contribution is 5.65. The minimum absolute atomic E-state index is 0.174. The molecule has 0 fully saturated rings. The summed E-state index contributed by atoms with van der Waals surface area (Å²) in [6.45, 7) is 6.89. The Labute approximate surface area is 172 Å². The van der Waals surface area contributed by atoms with Crippen molar-refractivity contribution in [2.45, 2.75) is 32.4 Å². The van der Waals surface area contributed by atoms with Gasteiger partial charge in [0.05, 0.1) is 5.56 Å². The third-order valence-corrected chi connectivity index (χ3v) is 6.27. The minimum Gasteiger partial charge on any atom is -0.186 e. The van der Waals surface area contributed by atoms with E-state index >= 15 is 0 Å². The van der Waals surface area contributed by atoms with E-state index in [1.807, 2.05) is 0 Å². The Kier molecular flexibility index (Phi) is 4.09. The van der Waals surface area contributed by atoms with Gasteiger partial charge >= 0.3 is 0 Å². The molecule has 0 N–H and O–H groups in total. The lowest BCUT2D eigenvalue weighted by molar-refractivity contribution is -0.825. The van der Waals surface area contributed by atoms with Gasteiger partial charge < -0.3 is 0 Å². The van der Waals surface area contributed by atoms with E-state index in [4.69, 9.17) is 0 Å². The molecule has 5 rings (SSSR count). The molecule has 2 nitrogen and oxygen atoms in total. The van der Waals surface area contributed by atoms with Crippen LogP contribution in [-0.4, -0.2) is 0 Å². The van der Waals surface area contributed by atoms with Crippen LogP contribution in [0.15, 0.2) is 97.3 Å². The second kappa shape index (κ2) is 6.66. The van der Waals surface area contributed by atoms with Crippen molar-refractivity contribution in [1.82, 2.24) is 0 Å². The van der Waals surface area contributed by atoms with Crippen LogP contribution in [0.2, 0.25) is 0 Å². The van der Waals surface area contributed by atoms with Gasteiger partial charge in [0.25, 0.3) is 0 Å². The first-order valence-electron chi connectivity index (χ1n) is 10.3. The molecule has 1 aliphatic heterocycles. The van der Waals surface area contributed by atoms with Gasteiger partial charge in [0.1, 0.15) is 0 Å². The van der Waals surface area contributed by atoms with Crippen molar-refractivity contribution in [3.8, 4) is 22.5 Å². The molecular formula is C27H26N2+2. The fraction of sp³-hybridized carbons (Fsp3) is 0.185. The third kappa shape index (κ3) is 2.71. The number of hydrogen-bond donors (Lipinski definition) is 0. The molecule has 0 amide bonds. The topological polar surface area (TPSA) is 7.76 Å². The van der Waals surface area contributed by atoms with Crippen molar-refractivity contribution in [2.75, 3.05) is 0 Å². The maximum atomic E-state index is 2.45. The molecule has 1 unspecified atom stereocenters. The molecule has 4 aromatic rings. The van der Waals surface area contributed by atoms with Gasteiger partial charge in [0.2, 0.25) is 23.0 Å². The summed E-state index contributed by atoms with van der Waals surface area (Å²) in [5, 5.41) is 0. The monoisotopic (exact) mass is 378 g/mol. The maximum absolute atomic E-state index is 2.45. The highest BCUT2D eigenvalue weighted by Crippen LogP contribution is 2.40. The van der Waals surface area contributed by atoms with Crippen LogP contribution < -0.4 is 9.13 Å². The van der Waals surface area contributed by atoms with Gasteiger partial charge in [-0.2, -0.15) is 9.13 Å². The lowest BCUT2D eigenvalue weighted by Crippen LogP contribution is -2.63. The zero-order chi connectivity index (χ0) is 20.0. The van der Waals surface area contributed by atoms with Crippen LogP contribution in [0.3, 0.4) is 0 Å². The molecule has 0 spiro atoms. The number of aromatic nitrogens is 2. The third-order valence-electron chi connectivity index (χ3n) is 6.27. The van der Waals surface area contributed by atoms with Gasteiger partial charge in [-0.25, -0.2) is 0 Å². The summed E-state index contributed by atoms with van der Waals surface area (Å²) in [7, 11) is 0. The fourth-order valence-corrected chi connectivity index (χ4v) is 4.91. The molecule has 3 heterocycles. The van der Waals surface area contributed by atoms with Crippen LogP contribution >= 0.6 is 0 Å². The first-order chi connectivity index (χ1) is 14.1. The van der Waals surface area contributed by atoms with Crippen molar-refractivity contribution in [1.29, 1.82) is 0 Å². The number of aryl methyl sites for hydroxylation is 1. The molecule has 1 atom stereocenters. The standard InChI is InChI=1S/C27H26N2/c1-20-12-4-5-13-21(20)25-17-9-11-19-29(25)27(2,3)26-23-15-7-6-14-22(23)24-16-8-10-18-28(24)26/h4-19,26H,1-3H3/q+2. The summed E-state index contributed by atoms with van der Waals surface area (Å²) >= 11 is 0. The molecule has 0 saturated heterocycles. The average Bonchev–Trinajstić information content (AvgIpc) is 3.09. The quantitative estimate of drug-likeness (QED) is 0.431. The molecule has 1 aliphatic rings. The number of hydrogen-bond acceptors (Lipinski definition) is 0. The molecule has 2 heteroatoms. The maximum Gasteiger partial charge on any atom is 0.248 e. The fourth-order valence-electron chi connectivity index (χ4n) is 4.91. The Morgan fingerprint density at radius 3 is 2.07 bits per heavy atom. The van der Waals surface area contributed by atoms with E-state index < -0.39 is 0 Å². The zero-order valence-electron chi connectivity index (χ0n) is 17.2. The van der Waals surface area contributed by atoms with E-state index in [1.54, 1.807) is 0 Å². The molecule has 0 aliphatic carbocycles. The van der Waals surface area contributed by atoms with Crippen molar-refractivity contribution in [3.63, 3.8) is 0 Å². The molecule has 0 radical (unpaired) electrons. The summed E-state index contributed by atoms with van der Waals surface area (Å²) in [6, 6.07) is 30.7. The smallest absolute Gasteiger partial charge is 0.186 e. The van der Waals surface area contributed by atoms with Crippen LogP contribution in [0.5, 0.6) is 0 Å². The summed E-state index contributed by atoms with van der Waals surface area (Å²) in [5.41, 5.74) is 7.66. The molecule has 2 aromatic heterocycles.